The summed E-state index contributed by atoms with van der Waals surface area (Å²) in [4.78, 5) is 20.6. The van der Waals surface area contributed by atoms with E-state index in [0.29, 0.717) is 11.4 Å². The molecule has 0 aliphatic rings. The topological polar surface area (TPSA) is 127 Å². The molecule has 2 aromatic rings. The van der Waals surface area contributed by atoms with E-state index in [1.165, 1.54) is 24.3 Å². The van der Waals surface area contributed by atoms with Gasteiger partial charge < -0.3 is 21.7 Å². The largest absolute Gasteiger partial charge is 0.478 e. The maximum absolute atomic E-state index is 10.3. The smallest absolute Gasteiger partial charge is 0.335 e. The number of aromatic carboxylic acids is 2. The predicted molar refractivity (Wildman–Crippen MR) is 75.6 cm³/mol. The van der Waals surface area contributed by atoms with E-state index in [9.17, 15) is 9.59 Å². The molecule has 6 nitrogen and oxygen atoms in total. The van der Waals surface area contributed by atoms with Crippen molar-refractivity contribution < 1.29 is 19.8 Å². The van der Waals surface area contributed by atoms with Crippen LogP contribution in [0.4, 0.5) is 11.4 Å². The van der Waals surface area contributed by atoms with Crippen molar-refractivity contribution in [2.24, 2.45) is 0 Å². The third kappa shape index (κ3) is 4.69. The number of hydrogen-bond acceptors (Lipinski definition) is 4. The molecule has 0 fully saturated rings. The molecular formula is C14H14N2O4. The molecule has 104 valence electrons. The molecule has 0 atom stereocenters. The second-order valence-electron chi connectivity index (χ2n) is 3.86. The van der Waals surface area contributed by atoms with Gasteiger partial charge in [-0.1, -0.05) is 12.1 Å². The molecule has 0 spiro atoms. The Bertz CT molecular complexity index is 571. The lowest BCUT2D eigenvalue weighted by Gasteiger charge is -1.93. The van der Waals surface area contributed by atoms with Gasteiger partial charge in [0.1, 0.15) is 0 Å². The van der Waals surface area contributed by atoms with Crippen molar-refractivity contribution in [1.82, 2.24) is 0 Å². The minimum atomic E-state index is -0.952. The molecule has 2 aromatic carbocycles. The van der Waals surface area contributed by atoms with Gasteiger partial charge >= 0.3 is 11.9 Å². The normalized spacial score (nSPS) is 9.20. The second kappa shape index (κ2) is 6.79. The minimum absolute atomic E-state index is 0.222. The van der Waals surface area contributed by atoms with Crippen molar-refractivity contribution in [2.75, 3.05) is 11.5 Å². The highest BCUT2D eigenvalue weighted by atomic mass is 16.4. The van der Waals surface area contributed by atoms with Crippen LogP contribution >= 0.6 is 0 Å². The van der Waals surface area contributed by atoms with Crippen LogP contribution in [-0.2, 0) is 0 Å². The maximum atomic E-state index is 10.3. The predicted octanol–water partition coefficient (Wildman–Crippen LogP) is 1.93. The van der Waals surface area contributed by atoms with Crippen molar-refractivity contribution in [2.45, 2.75) is 0 Å². The average molecular weight is 274 g/mol. The number of benzene rings is 2. The first-order chi connectivity index (χ1) is 9.40. The zero-order valence-corrected chi connectivity index (χ0v) is 10.5. The monoisotopic (exact) mass is 274 g/mol. The summed E-state index contributed by atoms with van der Waals surface area (Å²) in [7, 11) is 0. The van der Waals surface area contributed by atoms with E-state index in [2.05, 4.69) is 0 Å². The van der Waals surface area contributed by atoms with Crippen LogP contribution in [0.5, 0.6) is 0 Å². The van der Waals surface area contributed by atoms with E-state index in [0.717, 1.165) is 0 Å². The molecular weight excluding hydrogens is 260 g/mol. The lowest BCUT2D eigenvalue weighted by molar-refractivity contribution is 0.0686. The fourth-order valence-corrected chi connectivity index (χ4v) is 1.34. The molecule has 0 bridgehead atoms. The first kappa shape index (κ1) is 15.0. The molecule has 0 aromatic heterocycles. The van der Waals surface area contributed by atoms with Crippen LogP contribution in [0.3, 0.4) is 0 Å². The van der Waals surface area contributed by atoms with Crippen molar-refractivity contribution in [3.63, 3.8) is 0 Å². The third-order valence-corrected chi connectivity index (χ3v) is 2.27. The van der Waals surface area contributed by atoms with E-state index < -0.39 is 11.9 Å². The summed E-state index contributed by atoms with van der Waals surface area (Å²) in [5.74, 6) is -1.90. The number of carboxylic acid groups (broad SMARTS) is 2. The zero-order valence-electron chi connectivity index (χ0n) is 10.5. The fraction of sp³-hybridized carbons (Fsp3) is 0. The number of carboxylic acids is 2. The molecule has 0 aliphatic heterocycles. The van der Waals surface area contributed by atoms with Crippen LogP contribution in [0.15, 0.2) is 48.5 Å². The summed E-state index contributed by atoms with van der Waals surface area (Å²) in [5, 5.41) is 16.9. The Labute approximate surface area is 115 Å². The quantitative estimate of drug-likeness (QED) is 0.620. The maximum Gasteiger partial charge on any atom is 0.335 e. The van der Waals surface area contributed by atoms with Crippen LogP contribution in [0.25, 0.3) is 0 Å². The highest BCUT2D eigenvalue weighted by Crippen LogP contribution is 2.06. The Morgan fingerprint density at radius 1 is 0.750 bits per heavy atom. The van der Waals surface area contributed by atoms with E-state index in [1.807, 2.05) is 0 Å². The standard InChI is InChI=1S/2C7H7NO2/c2*8-6-3-1-2-5(4-6)7(9)10/h2*1-4H,8H2,(H,9,10). The van der Waals surface area contributed by atoms with Crippen molar-refractivity contribution >= 4 is 23.3 Å². The molecule has 6 N–H and O–H groups in total. The summed E-state index contributed by atoms with van der Waals surface area (Å²) >= 11 is 0. The first-order valence-corrected chi connectivity index (χ1v) is 5.58. The van der Waals surface area contributed by atoms with Crippen LogP contribution in [-0.4, -0.2) is 22.2 Å². The zero-order chi connectivity index (χ0) is 15.1. The van der Waals surface area contributed by atoms with Crippen molar-refractivity contribution in [3.05, 3.63) is 59.7 Å². The Hall–Kier alpha value is -3.02. The van der Waals surface area contributed by atoms with Gasteiger partial charge in [-0.25, -0.2) is 9.59 Å². The minimum Gasteiger partial charge on any atom is -0.478 e. The highest BCUT2D eigenvalue weighted by Gasteiger charge is 2.00. The number of rotatable bonds is 2. The highest BCUT2D eigenvalue weighted by molar-refractivity contribution is 5.89. The van der Waals surface area contributed by atoms with Gasteiger partial charge in [0.2, 0.25) is 0 Å². The summed E-state index contributed by atoms with van der Waals surface area (Å²) in [6.45, 7) is 0. The van der Waals surface area contributed by atoms with Gasteiger partial charge in [0.05, 0.1) is 11.1 Å². The SMILES string of the molecule is Nc1cccc(C(=O)O)c1.Nc1cccc(C(=O)O)c1. The van der Waals surface area contributed by atoms with Crippen LogP contribution < -0.4 is 11.5 Å². The lowest BCUT2D eigenvalue weighted by atomic mass is 10.2. The van der Waals surface area contributed by atoms with Gasteiger partial charge in [-0.05, 0) is 36.4 Å². The number of carbonyl (C=O) groups is 2. The molecule has 20 heavy (non-hydrogen) atoms. The van der Waals surface area contributed by atoms with Crippen LogP contribution in [0, 0.1) is 0 Å². The van der Waals surface area contributed by atoms with Crippen molar-refractivity contribution in [1.29, 1.82) is 0 Å². The van der Waals surface area contributed by atoms with E-state index in [1.54, 1.807) is 24.3 Å². The Balaban J connectivity index is 0.000000200. The van der Waals surface area contributed by atoms with E-state index in [-0.39, 0.29) is 11.1 Å². The number of hydrogen-bond donors (Lipinski definition) is 4. The molecule has 2 rings (SSSR count). The molecule has 0 saturated carbocycles. The molecule has 0 radical (unpaired) electrons. The summed E-state index contributed by atoms with van der Waals surface area (Å²) in [6, 6.07) is 12.3. The summed E-state index contributed by atoms with van der Waals surface area (Å²) in [5.41, 5.74) is 12.1. The Morgan fingerprint density at radius 3 is 1.30 bits per heavy atom. The van der Waals surface area contributed by atoms with Crippen molar-refractivity contribution in [3.8, 4) is 0 Å². The van der Waals surface area contributed by atoms with Crippen LogP contribution in [0.1, 0.15) is 20.7 Å². The van der Waals surface area contributed by atoms with Gasteiger partial charge in [-0.2, -0.15) is 0 Å². The second-order valence-corrected chi connectivity index (χ2v) is 3.86. The molecule has 0 unspecified atom stereocenters. The van der Waals surface area contributed by atoms with E-state index in [4.69, 9.17) is 21.7 Å². The molecule has 6 heteroatoms. The fourth-order valence-electron chi connectivity index (χ4n) is 1.34. The Kier molecular flexibility index (Phi) is 5.11. The summed E-state index contributed by atoms with van der Waals surface area (Å²) < 4.78 is 0. The molecule has 0 aliphatic carbocycles. The third-order valence-electron chi connectivity index (χ3n) is 2.27. The van der Waals surface area contributed by atoms with Gasteiger partial charge in [-0.3, -0.25) is 0 Å². The van der Waals surface area contributed by atoms with Gasteiger partial charge in [0.25, 0.3) is 0 Å². The number of nitrogens with two attached hydrogens (primary N) is 2. The van der Waals surface area contributed by atoms with Gasteiger partial charge in [0.15, 0.2) is 0 Å². The van der Waals surface area contributed by atoms with Gasteiger partial charge in [0, 0.05) is 11.4 Å². The van der Waals surface area contributed by atoms with Gasteiger partial charge in [-0.15, -0.1) is 0 Å². The Morgan fingerprint density at radius 2 is 1.10 bits per heavy atom. The number of anilines is 2. The van der Waals surface area contributed by atoms with E-state index >= 15 is 0 Å². The van der Waals surface area contributed by atoms with Crippen LogP contribution in [0.2, 0.25) is 0 Å². The molecule has 0 saturated heterocycles. The number of nitrogen functional groups attached to an aromatic ring is 2. The molecule has 0 amide bonds. The first-order valence-electron chi connectivity index (χ1n) is 5.58. The summed E-state index contributed by atoms with van der Waals surface area (Å²) in [6.07, 6.45) is 0. The molecule has 0 heterocycles. The lowest BCUT2D eigenvalue weighted by Crippen LogP contribution is -1.96. The average Bonchev–Trinajstić information content (AvgIpc) is 2.39.